The first-order valence-corrected chi connectivity index (χ1v) is 3.84. The molecule has 0 unspecified atom stereocenters. The maximum Gasteiger partial charge on any atom is 1.00 e. The molecule has 0 saturated heterocycles. The fraction of sp³-hybridized carbons (Fsp3) is 0.250. The zero-order chi connectivity index (χ0) is 7.72. The summed E-state index contributed by atoms with van der Waals surface area (Å²) < 4.78 is 0.974. The van der Waals surface area contributed by atoms with E-state index in [0.717, 1.165) is 15.6 Å². The Morgan fingerprint density at radius 1 is 1.18 bits per heavy atom. The Bertz CT molecular complexity index is 237. The molecule has 11 heavy (non-hydrogen) atoms. The van der Waals surface area contributed by atoms with Crippen LogP contribution >= 0.6 is 15.9 Å². The van der Waals surface area contributed by atoms with Crippen molar-refractivity contribution in [1.82, 2.24) is 0 Å². The van der Waals surface area contributed by atoms with Crippen molar-refractivity contribution in [3.8, 4) is 5.75 Å². The standard InChI is InChI=1S/C8H9BrO.K/c1-5-3-7(9)4-6(2)8(5)10;/h3-4,10H,1-2H3;/q;+1/p-1. The predicted octanol–water partition coefficient (Wildman–Crippen LogP) is -0.856. The van der Waals surface area contributed by atoms with Gasteiger partial charge in [0.15, 0.2) is 0 Å². The average molecular weight is 239 g/mol. The van der Waals surface area contributed by atoms with Crippen LogP contribution in [0.25, 0.3) is 0 Å². The molecule has 0 N–H and O–H groups in total. The van der Waals surface area contributed by atoms with E-state index in [-0.39, 0.29) is 57.1 Å². The molecule has 3 heteroatoms. The van der Waals surface area contributed by atoms with E-state index in [4.69, 9.17) is 0 Å². The van der Waals surface area contributed by atoms with Gasteiger partial charge in [-0.1, -0.05) is 27.1 Å². The predicted molar refractivity (Wildman–Crippen MR) is 43.1 cm³/mol. The average Bonchev–Trinajstić information content (AvgIpc) is 1.82. The third-order valence-corrected chi connectivity index (χ3v) is 1.88. The molecular formula is C8H8BrKO. The Morgan fingerprint density at radius 3 is 1.91 bits per heavy atom. The fourth-order valence-electron chi connectivity index (χ4n) is 0.897. The van der Waals surface area contributed by atoms with Crippen molar-refractivity contribution in [1.29, 1.82) is 0 Å². The molecule has 0 fully saturated rings. The molecule has 0 aliphatic carbocycles. The van der Waals surface area contributed by atoms with Gasteiger partial charge < -0.3 is 5.11 Å². The van der Waals surface area contributed by atoms with Gasteiger partial charge in [-0.25, -0.2) is 0 Å². The quantitative estimate of drug-likeness (QED) is 0.540. The first kappa shape index (κ1) is 12.1. The Hall–Kier alpha value is 1.14. The van der Waals surface area contributed by atoms with E-state index in [9.17, 15) is 5.11 Å². The second-order valence-electron chi connectivity index (χ2n) is 2.37. The summed E-state index contributed by atoms with van der Waals surface area (Å²) in [5, 5.41) is 11.1. The maximum atomic E-state index is 11.1. The van der Waals surface area contributed by atoms with Gasteiger partial charge in [0.2, 0.25) is 0 Å². The zero-order valence-electron chi connectivity index (χ0n) is 6.94. The molecule has 0 spiro atoms. The number of hydrogen-bond donors (Lipinski definition) is 0. The Morgan fingerprint density at radius 2 is 1.55 bits per heavy atom. The number of rotatable bonds is 0. The number of aryl methyl sites for hydroxylation is 2. The van der Waals surface area contributed by atoms with Crippen molar-refractivity contribution < 1.29 is 56.5 Å². The molecule has 1 aromatic carbocycles. The van der Waals surface area contributed by atoms with E-state index < -0.39 is 0 Å². The van der Waals surface area contributed by atoms with Crippen LogP contribution in [0.15, 0.2) is 16.6 Å². The van der Waals surface area contributed by atoms with Crippen LogP contribution in [0, 0.1) is 13.8 Å². The first-order chi connectivity index (χ1) is 4.61. The number of hydrogen-bond acceptors (Lipinski definition) is 1. The van der Waals surface area contributed by atoms with E-state index in [0.29, 0.717) is 0 Å². The van der Waals surface area contributed by atoms with Gasteiger partial charge in [0, 0.05) is 4.47 Å². The Balaban J connectivity index is 0.000001000. The summed E-state index contributed by atoms with van der Waals surface area (Å²) in [5.74, 6) is 0.142. The van der Waals surface area contributed by atoms with Gasteiger partial charge >= 0.3 is 51.4 Å². The minimum Gasteiger partial charge on any atom is -0.872 e. The van der Waals surface area contributed by atoms with Gasteiger partial charge in [0.1, 0.15) is 0 Å². The van der Waals surface area contributed by atoms with Crippen LogP contribution in [-0.4, -0.2) is 0 Å². The molecule has 54 valence electrons. The van der Waals surface area contributed by atoms with Crippen molar-refractivity contribution >= 4 is 15.9 Å². The van der Waals surface area contributed by atoms with Crippen molar-refractivity contribution in [3.63, 3.8) is 0 Å². The van der Waals surface area contributed by atoms with Crippen molar-refractivity contribution in [3.05, 3.63) is 27.7 Å². The van der Waals surface area contributed by atoms with E-state index in [1.807, 2.05) is 26.0 Å². The molecule has 0 saturated carbocycles. The summed E-state index contributed by atoms with van der Waals surface area (Å²) in [6.45, 7) is 3.64. The SMILES string of the molecule is Cc1cc(Br)cc(C)c1[O-].[K+]. The van der Waals surface area contributed by atoms with Crippen LogP contribution in [-0.2, 0) is 0 Å². The molecule has 1 nitrogen and oxygen atoms in total. The van der Waals surface area contributed by atoms with Crippen LogP contribution in [0.1, 0.15) is 11.1 Å². The van der Waals surface area contributed by atoms with E-state index in [1.54, 1.807) is 0 Å². The van der Waals surface area contributed by atoms with Crippen molar-refractivity contribution in [2.45, 2.75) is 13.8 Å². The molecule has 0 bridgehead atoms. The molecule has 0 radical (unpaired) electrons. The van der Waals surface area contributed by atoms with Crippen LogP contribution in [0.3, 0.4) is 0 Å². The van der Waals surface area contributed by atoms with E-state index in [2.05, 4.69) is 15.9 Å². The minimum atomic E-state index is 0. The minimum absolute atomic E-state index is 0. The maximum absolute atomic E-state index is 11.1. The molecule has 1 rings (SSSR count). The van der Waals surface area contributed by atoms with Crippen LogP contribution in [0.4, 0.5) is 0 Å². The summed E-state index contributed by atoms with van der Waals surface area (Å²) in [5.41, 5.74) is 1.60. The molecule has 0 aromatic heterocycles. The van der Waals surface area contributed by atoms with Crippen LogP contribution in [0.2, 0.25) is 0 Å². The van der Waals surface area contributed by atoms with Crippen LogP contribution < -0.4 is 56.5 Å². The zero-order valence-corrected chi connectivity index (χ0v) is 11.7. The molecule has 0 aliphatic heterocycles. The van der Waals surface area contributed by atoms with E-state index >= 15 is 0 Å². The van der Waals surface area contributed by atoms with Crippen LogP contribution in [0.5, 0.6) is 5.75 Å². The largest absolute Gasteiger partial charge is 1.00 e. The summed E-state index contributed by atoms with van der Waals surface area (Å²) in [7, 11) is 0. The third kappa shape index (κ3) is 3.17. The van der Waals surface area contributed by atoms with Gasteiger partial charge in [-0.2, -0.15) is 0 Å². The topological polar surface area (TPSA) is 23.1 Å². The summed E-state index contributed by atoms with van der Waals surface area (Å²) in [4.78, 5) is 0. The van der Waals surface area contributed by atoms with E-state index in [1.165, 1.54) is 0 Å². The van der Waals surface area contributed by atoms with Gasteiger partial charge in [0.25, 0.3) is 0 Å². The van der Waals surface area contributed by atoms with Gasteiger partial charge in [-0.15, -0.1) is 5.75 Å². The van der Waals surface area contributed by atoms with Gasteiger partial charge in [-0.05, 0) is 26.0 Å². The normalized spacial score (nSPS) is 9.00. The summed E-state index contributed by atoms with van der Waals surface area (Å²) >= 11 is 3.31. The second kappa shape index (κ2) is 4.99. The number of halogens is 1. The monoisotopic (exact) mass is 238 g/mol. The Labute approximate surface area is 118 Å². The summed E-state index contributed by atoms with van der Waals surface area (Å²) in [6.07, 6.45) is 0. The molecule has 0 amide bonds. The smallest absolute Gasteiger partial charge is 0.872 e. The van der Waals surface area contributed by atoms with Gasteiger partial charge in [0.05, 0.1) is 0 Å². The van der Waals surface area contributed by atoms with Gasteiger partial charge in [-0.3, -0.25) is 0 Å². The van der Waals surface area contributed by atoms with Crippen molar-refractivity contribution in [2.24, 2.45) is 0 Å². The molecular weight excluding hydrogens is 231 g/mol. The first-order valence-electron chi connectivity index (χ1n) is 3.05. The van der Waals surface area contributed by atoms with Crippen molar-refractivity contribution in [2.75, 3.05) is 0 Å². The second-order valence-corrected chi connectivity index (χ2v) is 3.28. The molecule has 0 aliphatic rings. The molecule has 1 aromatic rings. The number of benzene rings is 1. The molecule has 0 heterocycles. The molecule has 0 atom stereocenters. The summed E-state index contributed by atoms with van der Waals surface area (Å²) in [6, 6.07) is 3.66. The fourth-order valence-corrected chi connectivity index (χ4v) is 1.58. The third-order valence-electron chi connectivity index (χ3n) is 1.43. The Kier molecular flexibility index (Phi) is 5.51.